The highest BCUT2D eigenvalue weighted by molar-refractivity contribution is 7.99. The Balaban J connectivity index is 1.98. The van der Waals surface area contributed by atoms with E-state index in [0.717, 1.165) is 29.6 Å². The van der Waals surface area contributed by atoms with Gasteiger partial charge in [-0.1, -0.05) is 13.8 Å². The van der Waals surface area contributed by atoms with Gasteiger partial charge in [0.25, 0.3) is 0 Å². The molecule has 2 heterocycles. The molecule has 1 aliphatic rings. The smallest absolute Gasteiger partial charge is 0.307 e. The number of nitrogens with zero attached hydrogens (tertiary/aromatic N) is 2. The van der Waals surface area contributed by atoms with Crippen molar-refractivity contribution in [2.24, 2.45) is 0 Å². The maximum atomic E-state index is 11.5. The van der Waals surface area contributed by atoms with E-state index in [-0.39, 0.29) is 12.0 Å². The van der Waals surface area contributed by atoms with E-state index in [9.17, 15) is 4.79 Å². The van der Waals surface area contributed by atoms with Gasteiger partial charge in [-0.25, -0.2) is 4.98 Å². The van der Waals surface area contributed by atoms with E-state index in [4.69, 9.17) is 4.74 Å². The molecule has 0 radical (unpaired) electrons. The number of carbonyl (C=O) groups excluding carboxylic acids is 1. The van der Waals surface area contributed by atoms with Crippen LogP contribution in [0.5, 0.6) is 0 Å². The third-order valence-electron chi connectivity index (χ3n) is 3.46. The number of thiazole rings is 1. The molecule has 6 heteroatoms. The molecule has 0 spiro atoms. The number of methoxy groups -OCH3 is 1. The lowest BCUT2D eigenvalue weighted by Gasteiger charge is -2.34. The minimum atomic E-state index is -0.121. The van der Waals surface area contributed by atoms with Crippen LogP contribution in [0, 0.1) is 0 Å². The van der Waals surface area contributed by atoms with Gasteiger partial charge in [0.1, 0.15) is 5.01 Å². The monoisotopic (exact) mass is 314 g/mol. The summed E-state index contributed by atoms with van der Waals surface area (Å²) in [6.45, 7) is 6.24. The third-order valence-corrected chi connectivity index (χ3v) is 5.83. The number of aromatic nitrogens is 1. The highest BCUT2D eigenvalue weighted by Crippen LogP contribution is 2.26. The van der Waals surface area contributed by atoms with Gasteiger partial charge in [0.2, 0.25) is 0 Å². The molecular weight excluding hydrogens is 292 g/mol. The molecule has 112 valence electrons. The minimum absolute atomic E-state index is 0.121. The lowest BCUT2D eigenvalue weighted by molar-refractivity contribution is -0.141. The molecular formula is C14H22N2O2S2. The number of carbonyl (C=O) groups is 1. The Bertz CT molecular complexity index is 448. The van der Waals surface area contributed by atoms with E-state index in [1.54, 1.807) is 11.3 Å². The molecule has 0 saturated carbocycles. The summed E-state index contributed by atoms with van der Waals surface area (Å²) in [6, 6.07) is 0.271. The molecule has 0 bridgehead atoms. The second kappa shape index (κ2) is 7.43. The van der Waals surface area contributed by atoms with Gasteiger partial charge in [-0.05, 0) is 5.92 Å². The molecule has 1 fully saturated rings. The Hall–Kier alpha value is -0.590. The topological polar surface area (TPSA) is 42.4 Å². The van der Waals surface area contributed by atoms with Crippen LogP contribution < -0.4 is 0 Å². The summed E-state index contributed by atoms with van der Waals surface area (Å²) >= 11 is 3.70. The first-order chi connectivity index (χ1) is 9.60. The highest BCUT2D eigenvalue weighted by Gasteiger charge is 2.26. The van der Waals surface area contributed by atoms with Crippen molar-refractivity contribution in [3.63, 3.8) is 0 Å². The lowest BCUT2D eigenvalue weighted by Crippen LogP contribution is -2.43. The maximum absolute atomic E-state index is 11.5. The lowest BCUT2D eigenvalue weighted by atomic mass is 10.2. The fourth-order valence-electron chi connectivity index (χ4n) is 2.20. The van der Waals surface area contributed by atoms with Crippen LogP contribution in [0.2, 0.25) is 0 Å². The van der Waals surface area contributed by atoms with Crippen LogP contribution in [0.3, 0.4) is 0 Å². The molecule has 1 aromatic rings. The van der Waals surface area contributed by atoms with Gasteiger partial charge in [0.05, 0.1) is 20.1 Å². The van der Waals surface area contributed by atoms with Crippen molar-refractivity contribution in [3.8, 4) is 0 Å². The molecule has 1 atom stereocenters. The van der Waals surface area contributed by atoms with Crippen molar-refractivity contribution in [2.45, 2.75) is 38.8 Å². The second-order valence-corrected chi connectivity index (χ2v) is 7.59. The van der Waals surface area contributed by atoms with E-state index < -0.39 is 0 Å². The fourth-order valence-corrected chi connectivity index (χ4v) is 4.28. The summed E-state index contributed by atoms with van der Waals surface area (Å²) < 4.78 is 4.80. The van der Waals surface area contributed by atoms with Crippen LogP contribution >= 0.6 is 23.1 Å². The number of esters is 1. The molecule has 2 rings (SSSR count). The molecule has 0 unspecified atom stereocenters. The molecule has 1 aromatic heterocycles. The van der Waals surface area contributed by atoms with Crippen molar-refractivity contribution >= 4 is 29.1 Å². The molecule has 0 amide bonds. The number of rotatable bonds is 5. The Morgan fingerprint density at radius 3 is 3.05 bits per heavy atom. The van der Waals surface area contributed by atoms with Crippen LogP contribution in [0.25, 0.3) is 0 Å². The maximum Gasteiger partial charge on any atom is 0.307 e. The number of hydrogen-bond acceptors (Lipinski definition) is 6. The van der Waals surface area contributed by atoms with Gasteiger partial charge in [-0.2, -0.15) is 11.8 Å². The normalized spacial score (nSPS) is 20.3. The zero-order valence-electron chi connectivity index (χ0n) is 12.3. The number of thioether (sulfide) groups is 1. The van der Waals surface area contributed by atoms with Gasteiger partial charge < -0.3 is 4.74 Å². The van der Waals surface area contributed by atoms with Gasteiger partial charge in [-0.15, -0.1) is 11.3 Å². The minimum Gasteiger partial charge on any atom is -0.469 e. The molecule has 0 N–H and O–H groups in total. The first-order valence-corrected chi connectivity index (χ1v) is 8.90. The Kier molecular flexibility index (Phi) is 5.86. The van der Waals surface area contributed by atoms with Gasteiger partial charge >= 0.3 is 5.97 Å². The molecule has 1 saturated heterocycles. The molecule has 0 aliphatic carbocycles. The van der Waals surface area contributed by atoms with Crippen LogP contribution in [0.15, 0.2) is 6.20 Å². The first-order valence-electron chi connectivity index (χ1n) is 6.93. The third kappa shape index (κ3) is 4.20. The fraction of sp³-hybridized carbons (Fsp3) is 0.714. The summed E-state index contributed by atoms with van der Waals surface area (Å²) in [5.74, 6) is 2.53. The molecule has 20 heavy (non-hydrogen) atoms. The number of ether oxygens (including phenoxy) is 1. The Labute approximate surface area is 128 Å². The highest BCUT2D eigenvalue weighted by atomic mass is 32.2. The largest absolute Gasteiger partial charge is 0.469 e. The average Bonchev–Trinajstić information content (AvgIpc) is 2.89. The van der Waals surface area contributed by atoms with E-state index >= 15 is 0 Å². The van der Waals surface area contributed by atoms with Crippen molar-refractivity contribution in [1.82, 2.24) is 9.88 Å². The summed E-state index contributed by atoms with van der Waals surface area (Å²) in [7, 11) is 1.46. The second-order valence-electron chi connectivity index (χ2n) is 5.29. The summed E-state index contributed by atoms with van der Waals surface area (Å²) in [6.07, 6.45) is 2.46. The first kappa shape index (κ1) is 15.8. The van der Waals surface area contributed by atoms with Crippen molar-refractivity contribution < 1.29 is 9.53 Å². The van der Waals surface area contributed by atoms with Crippen molar-refractivity contribution in [1.29, 1.82) is 0 Å². The summed E-state index contributed by atoms with van der Waals surface area (Å²) in [5, 5.41) is 1.15. The van der Waals surface area contributed by atoms with Crippen LogP contribution in [-0.2, 0) is 16.1 Å². The van der Waals surface area contributed by atoms with Crippen molar-refractivity contribution in [2.75, 3.05) is 25.2 Å². The van der Waals surface area contributed by atoms with Crippen LogP contribution in [-0.4, -0.2) is 47.1 Å². The van der Waals surface area contributed by atoms with E-state index in [1.807, 2.05) is 18.0 Å². The predicted molar refractivity (Wildman–Crippen MR) is 84.4 cm³/mol. The zero-order valence-corrected chi connectivity index (χ0v) is 13.9. The predicted octanol–water partition coefficient (Wildman–Crippen LogP) is 2.75. The summed E-state index contributed by atoms with van der Waals surface area (Å²) in [5.41, 5.74) is 0. The standard InChI is InChI=1S/C14H22N2O2S2/c1-10(2)12-7-15-13(20-12)8-16-4-5-19-9-11(16)6-14(17)18-3/h7,10-11H,4-6,8-9H2,1-3H3/t11-/m0/s1. The van der Waals surface area contributed by atoms with Crippen LogP contribution in [0.4, 0.5) is 0 Å². The van der Waals surface area contributed by atoms with Gasteiger partial charge in [-0.3, -0.25) is 9.69 Å². The Morgan fingerprint density at radius 2 is 2.40 bits per heavy atom. The molecule has 0 aromatic carbocycles. The van der Waals surface area contributed by atoms with Gasteiger partial charge in [0, 0.05) is 35.2 Å². The van der Waals surface area contributed by atoms with Crippen molar-refractivity contribution in [3.05, 3.63) is 16.1 Å². The van der Waals surface area contributed by atoms with E-state index in [1.165, 1.54) is 12.0 Å². The SMILES string of the molecule is COC(=O)C[C@H]1CSCCN1Cc1ncc(C(C)C)s1. The summed E-state index contributed by atoms with van der Waals surface area (Å²) in [4.78, 5) is 19.7. The Morgan fingerprint density at radius 1 is 1.60 bits per heavy atom. The number of hydrogen-bond donors (Lipinski definition) is 0. The average molecular weight is 314 g/mol. The quantitative estimate of drug-likeness (QED) is 0.782. The van der Waals surface area contributed by atoms with E-state index in [0.29, 0.717) is 12.3 Å². The van der Waals surface area contributed by atoms with Gasteiger partial charge in [0.15, 0.2) is 0 Å². The molecule has 1 aliphatic heterocycles. The van der Waals surface area contributed by atoms with E-state index in [2.05, 4.69) is 23.7 Å². The zero-order chi connectivity index (χ0) is 14.5. The molecule has 4 nitrogen and oxygen atoms in total. The van der Waals surface area contributed by atoms with Crippen LogP contribution in [0.1, 0.15) is 36.1 Å².